The van der Waals surface area contributed by atoms with E-state index in [1.54, 1.807) is 6.07 Å². The van der Waals surface area contributed by atoms with E-state index in [0.717, 1.165) is 0 Å². The largest absolute Gasteiger partial charge is 0.480 e. The predicted octanol–water partition coefficient (Wildman–Crippen LogP) is 7.73. The zero-order valence-corrected chi connectivity index (χ0v) is 19.6. The van der Waals surface area contributed by atoms with Gasteiger partial charge in [0.2, 0.25) is 5.41 Å². The summed E-state index contributed by atoms with van der Waals surface area (Å²) in [7, 11) is 0. The summed E-state index contributed by atoms with van der Waals surface area (Å²) in [5, 5.41) is 20.6. The maximum Gasteiger partial charge on any atom is 0.330 e. The van der Waals surface area contributed by atoms with E-state index < -0.39 is 17.4 Å². The van der Waals surface area contributed by atoms with Crippen LogP contribution >= 0.6 is 69.6 Å². The van der Waals surface area contributed by atoms with Crippen LogP contribution in [0.4, 0.5) is 0 Å². The molecule has 4 nitrogen and oxygen atoms in total. The summed E-state index contributed by atoms with van der Waals surface area (Å²) in [5.74, 6) is -3.44. The first kappa shape index (κ1) is 24.0. The first-order chi connectivity index (χ1) is 14.5. The Hall–Kier alpha value is -1.66. The average Bonchev–Trinajstić information content (AvgIpc) is 2.63. The number of carbonyl (C=O) groups is 2. The maximum atomic E-state index is 12.6. The molecule has 0 amide bonds. The van der Waals surface area contributed by atoms with Crippen LogP contribution in [0.5, 0.6) is 0 Å². The van der Waals surface area contributed by atoms with Crippen molar-refractivity contribution in [1.29, 1.82) is 0 Å². The molecule has 3 aromatic carbocycles. The number of aliphatic carboxylic acids is 2. The van der Waals surface area contributed by atoms with Gasteiger partial charge in [0.05, 0.1) is 10.0 Å². The zero-order valence-electron chi connectivity index (χ0n) is 15.1. The quantitative estimate of drug-likeness (QED) is 0.326. The minimum Gasteiger partial charge on any atom is -0.480 e. The summed E-state index contributed by atoms with van der Waals surface area (Å²) in [6.45, 7) is 0. The minimum absolute atomic E-state index is 0.0999. The van der Waals surface area contributed by atoms with Crippen LogP contribution in [0.3, 0.4) is 0 Å². The molecular weight excluding hydrogens is 529 g/mol. The standard InChI is InChI=1S/C21H10Cl6O4/c22-9-5-13(24)17(14(25)6-9)11-3-1-2-4-12(11)21(19(28)29,20(30)31)18-15(26)7-10(23)8-16(18)27/h1-8H,(H,28,29)(H,30,31). The Kier molecular flexibility index (Phi) is 7.02. The van der Waals surface area contributed by atoms with E-state index in [1.807, 2.05) is 0 Å². The molecule has 3 rings (SSSR count). The predicted molar refractivity (Wildman–Crippen MR) is 124 cm³/mol. The molecule has 0 unspecified atom stereocenters. The van der Waals surface area contributed by atoms with Crippen molar-refractivity contribution in [2.24, 2.45) is 0 Å². The Labute approximate surface area is 206 Å². The third-order valence-corrected chi connectivity index (χ3v) is 6.26. The second-order valence-corrected chi connectivity index (χ2v) is 8.90. The lowest BCUT2D eigenvalue weighted by Gasteiger charge is -2.30. The first-order valence-corrected chi connectivity index (χ1v) is 10.6. The first-order valence-electron chi connectivity index (χ1n) is 8.38. The molecule has 0 radical (unpaired) electrons. The Morgan fingerprint density at radius 2 is 1.10 bits per heavy atom. The molecule has 0 aromatic heterocycles. The summed E-state index contributed by atoms with van der Waals surface area (Å²) >= 11 is 37.2. The minimum atomic E-state index is -2.71. The van der Waals surface area contributed by atoms with Gasteiger partial charge in [-0.25, -0.2) is 0 Å². The molecule has 0 bridgehead atoms. The van der Waals surface area contributed by atoms with Crippen LogP contribution < -0.4 is 0 Å². The van der Waals surface area contributed by atoms with E-state index in [-0.39, 0.29) is 52.4 Å². The molecular formula is C21H10Cl6O4. The van der Waals surface area contributed by atoms with E-state index in [1.165, 1.54) is 42.5 Å². The average molecular weight is 539 g/mol. The third kappa shape index (κ3) is 4.09. The summed E-state index contributed by atoms with van der Waals surface area (Å²) in [5.41, 5.74) is -2.86. The summed E-state index contributed by atoms with van der Waals surface area (Å²) in [6.07, 6.45) is 0. The molecule has 31 heavy (non-hydrogen) atoms. The lowest BCUT2D eigenvalue weighted by atomic mass is 9.71. The second-order valence-electron chi connectivity index (χ2n) is 6.39. The van der Waals surface area contributed by atoms with Crippen molar-refractivity contribution in [1.82, 2.24) is 0 Å². The summed E-state index contributed by atoms with van der Waals surface area (Å²) < 4.78 is 0. The van der Waals surface area contributed by atoms with Crippen molar-refractivity contribution in [3.63, 3.8) is 0 Å². The van der Waals surface area contributed by atoms with Crippen molar-refractivity contribution >= 4 is 81.5 Å². The number of hydrogen-bond acceptors (Lipinski definition) is 2. The molecule has 0 spiro atoms. The Balaban J connectivity index is 2.52. The molecule has 2 N–H and O–H groups in total. The van der Waals surface area contributed by atoms with Crippen molar-refractivity contribution < 1.29 is 19.8 Å². The van der Waals surface area contributed by atoms with Crippen LogP contribution in [0.15, 0.2) is 48.5 Å². The normalized spacial score (nSPS) is 11.4. The van der Waals surface area contributed by atoms with E-state index in [2.05, 4.69) is 0 Å². The van der Waals surface area contributed by atoms with Crippen LogP contribution in [-0.2, 0) is 15.0 Å². The van der Waals surface area contributed by atoms with Gasteiger partial charge in [-0.3, -0.25) is 9.59 Å². The van der Waals surface area contributed by atoms with Gasteiger partial charge in [0, 0.05) is 31.2 Å². The van der Waals surface area contributed by atoms with Gasteiger partial charge in [0.15, 0.2) is 0 Å². The number of hydrogen-bond donors (Lipinski definition) is 2. The highest BCUT2D eigenvalue weighted by atomic mass is 35.5. The third-order valence-electron chi connectivity index (χ3n) is 4.63. The van der Waals surface area contributed by atoms with Gasteiger partial charge in [0.25, 0.3) is 0 Å². The van der Waals surface area contributed by atoms with Crippen LogP contribution in [0.25, 0.3) is 11.1 Å². The fourth-order valence-corrected chi connectivity index (χ4v) is 5.52. The molecule has 0 saturated carbocycles. The van der Waals surface area contributed by atoms with E-state index in [9.17, 15) is 19.8 Å². The topological polar surface area (TPSA) is 74.6 Å². The molecule has 10 heteroatoms. The van der Waals surface area contributed by atoms with Crippen LogP contribution in [-0.4, -0.2) is 22.2 Å². The van der Waals surface area contributed by atoms with Crippen LogP contribution in [0.2, 0.25) is 30.1 Å². The number of halogens is 6. The van der Waals surface area contributed by atoms with E-state index in [0.29, 0.717) is 0 Å². The Morgan fingerprint density at radius 1 is 0.677 bits per heavy atom. The van der Waals surface area contributed by atoms with Crippen molar-refractivity contribution in [2.75, 3.05) is 0 Å². The summed E-state index contributed by atoms with van der Waals surface area (Å²) in [6, 6.07) is 11.1. The van der Waals surface area contributed by atoms with Crippen molar-refractivity contribution in [3.05, 3.63) is 89.8 Å². The van der Waals surface area contributed by atoms with Crippen molar-refractivity contribution in [3.8, 4) is 11.1 Å². The second kappa shape index (κ2) is 9.07. The van der Waals surface area contributed by atoms with Gasteiger partial charge in [-0.2, -0.15) is 0 Å². The highest BCUT2D eigenvalue weighted by Crippen LogP contribution is 2.48. The molecule has 0 aliphatic carbocycles. The summed E-state index contributed by atoms with van der Waals surface area (Å²) in [4.78, 5) is 25.3. The molecule has 160 valence electrons. The van der Waals surface area contributed by atoms with Crippen LogP contribution in [0.1, 0.15) is 11.1 Å². The maximum absolute atomic E-state index is 12.6. The molecule has 0 aliphatic rings. The highest BCUT2D eigenvalue weighted by molar-refractivity contribution is 6.42. The van der Waals surface area contributed by atoms with Crippen molar-refractivity contribution in [2.45, 2.75) is 5.41 Å². The molecule has 0 saturated heterocycles. The number of rotatable bonds is 5. The Bertz CT molecular complexity index is 1160. The zero-order chi connectivity index (χ0) is 23.1. The van der Waals surface area contributed by atoms with Gasteiger partial charge >= 0.3 is 11.9 Å². The molecule has 0 aliphatic heterocycles. The van der Waals surface area contributed by atoms with Gasteiger partial charge in [-0.05, 0) is 35.4 Å². The van der Waals surface area contributed by atoms with Gasteiger partial charge in [-0.1, -0.05) is 93.9 Å². The van der Waals surface area contributed by atoms with Gasteiger partial charge in [0.1, 0.15) is 0 Å². The number of carboxylic acids is 2. The fraction of sp³-hybridized carbons (Fsp3) is 0.0476. The molecule has 0 heterocycles. The highest BCUT2D eigenvalue weighted by Gasteiger charge is 2.54. The fourth-order valence-electron chi connectivity index (χ4n) is 3.40. The number of carboxylic acid groups (broad SMARTS) is 2. The number of benzene rings is 3. The molecule has 0 atom stereocenters. The van der Waals surface area contributed by atoms with Gasteiger partial charge < -0.3 is 10.2 Å². The Morgan fingerprint density at radius 3 is 1.55 bits per heavy atom. The SMILES string of the molecule is O=C(O)C(C(=O)O)(c1ccccc1-c1c(Cl)cc(Cl)cc1Cl)c1c(Cl)cc(Cl)cc1Cl. The van der Waals surface area contributed by atoms with E-state index in [4.69, 9.17) is 69.6 Å². The van der Waals surface area contributed by atoms with Gasteiger partial charge in [-0.15, -0.1) is 0 Å². The van der Waals surface area contributed by atoms with Crippen LogP contribution in [0, 0.1) is 0 Å². The molecule has 3 aromatic rings. The van der Waals surface area contributed by atoms with E-state index >= 15 is 0 Å². The monoisotopic (exact) mass is 536 g/mol. The molecule has 0 fully saturated rings. The lowest BCUT2D eigenvalue weighted by molar-refractivity contribution is -0.155. The smallest absolute Gasteiger partial charge is 0.330 e. The lowest BCUT2D eigenvalue weighted by Crippen LogP contribution is -2.45.